The largest absolute Gasteiger partial charge is 0.486 e. The zero-order valence-corrected chi connectivity index (χ0v) is 26.2. The van der Waals surface area contributed by atoms with Gasteiger partial charge in [0.25, 0.3) is 0 Å². The fourth-order valence-electron chi connectivity index (χ4n) is 5.79. The molecule has 0 saturated heterocycles. The van der Waals surface area contributed by atoms with Gasteiger partial charge in [0.15, 0.2) is 11.5 Å². The van der Waals surface area contributed by atoms with Gasteiger partial charge < -0.3 is 19.7 Å². The Kier molecular flexibility index (Phi) is 10.1. The summed E-state index contributed by atoms with van der Waals surface area (Å²) in [4.78, 5) is 29.9. The van der Waals surface area contributed by atoms with Gasteiger partial charge in [-0.1, -0.05) is 79.4 Å². The van der Waals surface area contributed by atoms with Gasteiger partial charge in [-0.05, 0) is 43.0 Å². The highest BCUT2D eigenvalue weighted by Crippen LogP contribution is 2.35. The molecule has 3 aromatic rings. The third-order valence-corrected chi connectivity index (χ3v) is 9.33. The van der Waals surface area contributed by atoms with Crippen molar-refractivity contribution in [1.29, 1.82) is 0 Å². The highest BCUT2D eigenvalue weighted by atomic mass is 32.2. The molecule has 1 aliphatic carbocycles. The average molecular weight is 620 g/mol. The Morgan fingerprint density at radius 3 is 2.25 bits per heavy atom. The number of ether oxygens (including phenoxy) is 2. The van der Waals surface area contributed by atoms with Crippen molar-refractivity contribution in [2.75, 3.05) is 30.3 Å². The van der Waals surface area contributed by atoms with Gasteiger partial charge in [-0.25, -0.2) is 8.42 Å². The van der Waals surface area contributed by atoms with Gasteiger partial charge in [0.1, 0.15) is 25.8 Å². The molecule has 1 fully saturated rings. The normalized spacial score (nSPS) is 15.7. The second-order valence-electron chi connectivity index (χ2n) is 11.7. The molecule has 0 spiro atoms. The van der Waals surface area contributed by atoms with E-state index in [2.05, 4.69) is 5.32 Å². The number of nitrogens with one attached hydrogen (secondary N) is 1. The lowest BCUT2D eigenvalue weighted by atomic mass is 9.94. The standard InChI is InChI=1S/C34H41N3O6S/c1-25-13-15-27(16-14-25)23-36(30(21-26-9-5-3-6-10-26)34(39)35-28-11-7-4-8-12-28)33(38)24-37(44(2,40)41)29-17-18-31-32(22-29)43-20-19-42-31/h3,5-6,9-10,13-18,22,28,30H,4,7-8,11-12,19-21,23-24H2,1-2H3,(H,35,39). The number of anilines is 1. The number of carbonyl (C=O) groups is 2. The summed E-state index contributed by atoms with van der Waals surface area (Å²) in [5.74, 6) is 0.223. The summed E-state index contributed by atoms with van der Waals surface area (Å²) >= 11 is 0. The first kappa shape index (κ1) is 31.4. The van der Waals surface area contributed by atoms with Crippen LogP contribution >= 0.6 is 0 Å². The van der Waals surface area contributed by atoms with E-state index < -0.39 is 28.5 Å². The minimum absolute atomic E-state index is 0.0519. The van der Waals surface area contributed by atoms with E-state index in [1.165, 1.54) is 4.90 Å². The molecule has 234 valence electrons. The average Bonchev–Trinajstić information content (AvgIpc) is 3.02. The van der Waals surface area contributed by atoms with Crippen molar-refractivity contribution in [3.63, 3.8) is 0 Å². The number of benzene rings is 3. The van der Waals surface area contributed by atoms with E-state index >= 15 is 0 Å². The molecule has 2 aliphatic rings. The van der Waals surface area contributed by atoms with Crippen LogP contribution in [0, 0.1) is 6.92 Å². The van der Waals surface area contributed by atoms with E-state index in [9.17, 15) is 18.0 Å². The van der Waals surface area contributed by atoms with Gasteiger partial charge in [0.2, 0.25) is 21.8 Å². The first-order valence-corrected chi connectivity index (χ1v) is 17.1. The Labute approximate surface area is 260 Å². The van der Waals surface area contributed by atoms with Crippen molar-refractivity contribution in [3.8, 4) is 11.5 Å². The number of aryl methyl sites for hydroxylation is 1. The number of fused-ring (bicyclic) bond motifs is 1. The minimum Gasteiger partial charge on any atom is -0.486 e. The third kappa shape index (κ3) is 8.11. The summed E-state index contributed by atoms with van der Waals surface area (Å²) < 4.78 is 38.6. The van der Waals surface area contributed by atoms with Crippen LogP contribution in [0.5, 0.6) is 11.5 Å². The second kappa shape index (κ2) is 14.2. The maximum Gasteiger partial charge on any atom is 0.244 e. The predicted octanol–water partition coefficient (Wildman–Crippen LogP) is 4.62. The minimum atomic E-state index is -3.89. The van der Waals surface area contributed by atoms with E-state index in [-0.39, 0.29) is 24.2 Å². The van der Waals surface area contributed by atoms with Crippen LogP contribution in [0.25, 0.3) is 0 Å². The SMILES string of the molecule is Cc1ccc(CN(C(=O)CN(c2ccc3c(c2)OCCO3)S(C)(=O)=O)C(Cc2ccccc2)C(=O)NC2CCCCC2)cc1. The summed E-state index contributed by atoms with van der Waals surface area (Å²) in [6.07, 6.45) is 6.43. The van der Waals surface area contributed by atoms with Crippen LogP contribution in [0.4, 0.5) is 5.69 Å². The van der Waals surface area contributed by atoms with Gasteiger partial charge in [-0.2, -0.15) is 0 Å². The highest BCUT2D eigenvalue weighted by Gasteiger charge is 2.34. The number of hydrogen-bond donors (Lipinski definition) is 1. The monoisotopic (exact) mass is 619 g/mol. The molecule has 1 heterocycles. The molecule has 0 aromatic heterocycles. The molecule has 44 heavy (non-hydrogen) atoms. The Balaban J connectivity index is 1.50. The molecule has 0 bridgehead atoms. The summed E-state index contributed by atoms with van der Waals surface area (Å²) in [6.45, 7) is 2.40. The van der Waals surface area contributed by atoms with Crippen molar-refractivity contribution < 1.29 is 27.5 Å². The first-order chi connectivity index (χ1) is 21.2. The molecule has 1 saturated carbocycles. The maximum absolute atomic E-state index is 14.3. The second-order valence-corrected chi connectivity index (χ2v) is 13.6. The lowest BCUT2D eigenvalue weighted by Gasteiger charge is -2.35. The quantitative estimate of drug-likeness (QED) is 0.336. The molecule has 2 amide bonds. The molecular weight excluding hydrogens is 578 g/mol. The van der Waals surface area contributed by atoms with Gasteiger partial charge in [0, 0.05) is 25.1 Å². The molecule has 3 aromatic carbocycles. The van der Waals surface area contributed by atoms with Gasteiger partial charge in [-0.3, -0.25) is 13.9 Å². The van der Waals surface area contributed by atoms with Crippen LogP contribution in [-0.2, 0) is 32.6 Å². The van der Waals surface area contributed by atoms with E-state index in [0.717, 1.165) is 59.4 Å². The number of sulfonamides is 1. The van der Waals surface area contributed by atoms with Crippen LogP contribution < -0.4 is 19.1 Å². The van der Waals surface area contributed by atoms with E-state index in [0.29, 0.717) is 31.1 Å². The van der Waals surface area contributed by atoms with E-state index in [1.54, 1.807) is 18.2 Å². The summed E-state index contributed by atoms with van der Waals surface area (Å²) in [5, 5.41) is 3.22. The van der Waals surface area contributed by atoms with Gasteiger partial charge in [0.05, 0.1) is 11.9 Å². The number of rotatable bonds is 11. The molecule has 5 rings (SSSR count). The van der Waals surface area contributed by atoms with Crippen LogP contribution in [0.2, 0.25) is 0 Å². The molecule has 1 unspecified atom stereocenters. The molecule has 1 atom stereocenters. The zero-order chi connectivity index (χ0) is 31.1. The highest BCUT2D eigenvalue weighted by molar-refractivity contribution is 7.92. The maximum atomic E-state index is 14.3. The lowest BCUT2D eigenvalue weighted by molar-refractivity contribution is -0.140. The fraction of sp³-hybridized carbons (Fsp3) is 0.412. The Bertz CT molecular complexity index is 1540. The number of carbonyl (C=O) groups excluding carboxylic acids is 2. The molecular formula is C34H41N3O6S. The summed E-state index contributed by atoms with van der Waals surface area (Å²) in [6, 6.07) is 21.4. The molecule has 1 N–H and O–H groups in total. The van der Waals surface area contributed by atoms with E-state index in [4.69, 9.17) is 9.47 Å². The first-order valence-electron chi connectivity index (χ1n) is 15.2. The number of hydrogen-bond acceptors (Lipinski definition) is 6. The van der Waals surface area contributed by atoms with Crippen molar-refractivity contribution >= 4 is 27.5 Å². The van der Waals surface area contributed by atoms with Gasteiger partial charge in [-0.15, -0.1) is 0 Å². The van der Waals surface area contributed by atoms with Crippen LogP contribution in [0.1, 0.15) is 48.8 Å². The Morgan fingerprint density at radius 2 is 1.57 bits per heavy atom. The summed E-state index contributed by atoms with van der Waals surface area (Å²) in [5.41, 5.74) is 3.11. The summed E-state index contributed by atoms with van der Waals surface area (Å²) in [7, 11) is -3.89. The third-order valence-electron chi connectivity index (χ3n) is 8.19. The van der Waals surface area contributed by atoms with Crippen LogP contribution in [0.3, 0.4) is 0 Å². The fourth-order valence-corrected chi connectivity index (χ4v) is 6.63. The van der Waals surface area contributed by atoms with Crippen LogP contribution in [0.15, 0.2) is 72.8 Å². The Morgan fingerprint density at radius 1 is 0.886 bits per heavy atom. The Hall–Kier alpha value is -4.05. The predicted molar refractivity (Wildman–Crippen MR) is 170 cm³/mol. The van der Waals surface area contributed by atoms with Crippen molar-refractivity contribution in [1.82, 2.24) is 10.2 Å². The zero-order valence-electron chi connectivity index (χ0n) is 25.4. The smallest absolute Gasteiger partial charge is 0.244 e. The number of nitrogens with zero attached hydrogens (tertiary/aromatic N) is 2. The topological polar surface area (TPSA) is 105 Å². The molecule has 9 nitrogen and oxygen atoms in total. The van der Waals surface area contributed by atoms with Crippen molar-refractivity contribution in [2.45, 2.75) is 64.1 Å². The van der Waals surface area contributed by atoms with Crippen molar-refractivity contribution in [2.24, 2.45) is 0 Å². The molecule has 1 aliphatic heterocycles. The molecule has 10 heteroatoms. The van der Waals surface area contributed by atoms with Crippen molar-refractivity contribution in [3.05, 3.63) is 89.5 Å². The molecule has 0 radical (unpaired) electrons. The lowest BCUT2D eigenvalue weighted by Crippen LogP contribution is -2.55. The van der Waals surface area contributed by atoms with Gasteiger partial charge >= 0.3 is 0 Å². The van der Waals surface area contributed by atoms with Crippen LogP contribution in [-0.4, -0.2) is 63.2 Å². The van der Waals surface area contributed by atoms with E-state index in [1.807, 2.05) is 61.5 Å². The number of amides is 2.